The van der Waals surface area contributed by atoms with Gasteiger partial charge in [0.05, 0.1) is 17.3 Å². The van der Waals surface area contributed by atoms with E-state index >= 15 is 0 Å². The van der Waals surface area contributed by atoms with Crippen molar-refractivity contribution >= 4 is 0 Å². The molecule has 19 heavy (non-hydrogen) atoms. The zero-order valence-electron chi connectivity index (χ0n) is 11.9. The van der Waals surface area contributed by atoms with Crippen molar-refractivity contribution in [3.05, 3.63) is 0 Å². The van der Waals surface area contributed by atoms with Crippen molar-refractivity contribution in [3.8, 4) is 0 Å². The van der Waals surface area contributed by atoms with Crippen molar-refractivity contribution < 1.29 is 19.3 Å². The molecule has 0 aliphatic carbocycles. The molecule has 0 aromatic carbocycles. The summed E-state index contributed by atoms with van der Waals surface area (Å²) in [7, 11) is 0. The Morgan fingerprint density at radius 1 is 1.00 bits per heavy atom. The Morgan fingerprint density at radius 3 is 2.53 bits per heavy atom. The van der Waals surface area contributed by atoms with Gasteiger partial charge in [0.15, 0.2) is 0 Å². The third kappa shape index (κ3) is 2.82. The minimum absolute atomic E-state index is 0.0293. The third-order valence-corrected chi connectivity index (χ3v) is 5.24. The molecule has 0 radical (unpaired) electrons. The summed E-state index contributed by atoms with van der Waals surface area (Å²) in [5, 5.41) is 11.0. The fourth-order valence-electron chi connectivity index (χ4n) is 4.04. The van der Waals surface area contributed by atoms with Crippen LogP contribution < -0.4 is 0 Å². The van der Waals surface area contributed by atoms with Crippen molar-refractivity contribution in [1.82, 2.24) is 0 Å². The molecule has 3 saturated heterocycles. The molecule has 0 aromatic rings. The van der Waals surface area contributed by atoms with Gasteiger partial charge in [-0.2, -0.15) is 0 Å². The lowest BCUT2D eigenvalue weighted by molar-refractivity contribution is -0.195. The maximum atomic E-state index is 11.0. The lowest BCUT2D eigenvalue weighted by Gasteiger charge is -2.49. The second-order valence-electron chi connectivity index (χ2n) is 6.57. The maximum Gasteiger partial charge on any atom is 0.0730 e. The third-order valence-electron chi connectivity index (χ3n) is 5.24. The van der Waals surface area contributed by atoms with Gasteiger partial charge < -0.3 is 19.3 Å². The fraction of sp³-hybridized carbons (Fsp3) is 1.00. The topological polar surface area (TPSA) is 47.9 Å². The van der Waals surface area contributed by atoms with Crippen LogP contribution in [0, 0.1) is 5.92 Å². The summed E-state index contributed by atoms with van der Waals surface area (Å²) in [6.45, 7) is 5.12. The number of aliphatic hydroxyl groups is 1. The summed E-state index contributed by atoms with van der Waals surface area (Å²) < 4.78 is 17.1. The fourth-order valence-corrected chi connectivity index (χ4v) is 4.04. The van der Waals surface area contributed by atoms with Crippen molar-refractivity contribution in [2.45, 2.75) is 62.8 Å². The smallest absolute Gasteiger partial charge is 0.0730 e. The van der Waals surface area contributed by atoms with E-state index in [2.05, 4.69) is 6.92 Å². The van der Waals surface area contributed by atoms with Gasteiger partial charge in [-0.3, -0.25) is 0 Å². The van der Waals surface area contributed by atoms with Gasteiger partial charge in [-0.1, -0.05) is 0 Å². The monoisotopic (exact) mass is 270 g/mol. The SMILES string of the molecule is CC1CC(O)(C2CCOC3(CCOCC3)C2)CCO1. The van der Waals surface area contributed by atoms with Gasteiger partial charge >= 0.3 is 0 Å². The van der Waals surface area contributed by atoms with Gasteiger partial charge in [0.1, 0.15) is 0 Å². The molecule has 0 amide bonds. The molecule has 4 heteroatoms. The van der Waals surface area contributed by atoms with E-state index in [0.29, 0.717) is 12.5 Å². The van der Waals surface area contributed by atoms with Crippen molar-refractivity contribution in [2.75, 3.05) is 26.4 Å². The van der Waals surface area contributed by atoms with Crippen molar-refractivity contribution in [3.63, 3.8) is 0 Å². The van der Waals surface area contributed by atoms with Crippen LogP contribution >= 0.6 is 0 Å². The molecule has 3 unspecified atom stereocenters. The summed E-state index contributed by atoms with van der Waals surface area (Å²) in [5.41, 5.74) is -0.578. The van der Waals surface area contributed by atoms with E-state index in [-0.39, 0.29) is 11.7 Å². The highest BCUT2D eigenvalue weighted by Gasteiger charge is 2.47. The molecule has 3 aliphatic heterocycles. The zero-order chi connectivity index (χ0) is 13.3. The zero-order valence-corrected chi connectivity index (χ0v) is 11.9. The molecule has 0 saturated carbocycles. The second kappa shape index (κ2) is 5.32. The number of hydrogen-bond acceptors (Lipinski definition) is 4. The summed E-state index contributed by atoms with van der Waals surface area (Å²) in [6, 6.07) is 0. The van der Waals surface area contributed by atoms with Gasteiger partial charge in [-0.25, -0.2) is 0 Å². The molecular formula is C15H26O4. The van der Waals surface area contributed by atoms with Crippen LogP contribution in [0.5, 0.6) is 0 Å². The molecule has 1 spiro atoms. The van der Waals surface area contributed by atoms with Crippen molar-refractivity contribution in [1.29, 1.82) is 0 Å². The van der Waals surface area contributed by atoms with Crippen LogP contribution in [-0.2, 0) is 14.2 Å². The Hall–Kier alpha value is -0.160. The molecule has 3 fully saturated rings. The Bertz CT molecular complexity index is 308. The average molecular weight is 270 g/mol. The molecule has 4 nitrogen and oxygen atoms in total. The largest absolute Gasteiger partial charge is 0.389 e. The minimum Gasteiger partial charge on any atom is -0.389 e. The van der Waals surface area contributed by atoms with Gasteiger partial charge in [-0.05, 0) is 44.9 Å². The first-order valence-corrected chi connectivity index (χ1v) is 7.68. The Kier molecular flexibility index (Phi) is 3.87. The first-order valence-electron chi connectivity index (χ1n) is 7.68. The Balaban J connectivity index is 1.70. The van der Waals surface area contributed by atoms with Crippen LogP contribution in [0.25, 0.3) is 0 Å². The van der Waals surface area contributed by atoms with Gasteiger partial charge in [0.25, 0.3) is 0 Å². The molecule has 3 atom stereocenters. The summed E-state index contributed by atoms with van der Waals surface area (Å²) in [5.74, 6) is 0.353. The molecule has 1 N–H and O–H groups in total. The van der Waals surface area contributed by atoms with Gasteiger partial charge in [-0.15, -0.1) is 0 Å². The Labute approximate surface area is 115 Å². The number of hydrogen-bond donors (Lipinski definition) is 1. The Morgan fingerprint density at radius 2 is 1.79 bits per heavy atom. The maximum absolute atomic E-state index is 11.0. The molecule has 3 rings (SSSR count). The predicted octanol–water partition coefficient (Wildman–Crippen LogP) is 1.89. The van der Waals surface area contributed by atoms with E-state index in [1.165, 1.54) is 0 Å². The molecule has 3 aliphatic rings. The van der Waals surface area contributed by atoms with E-state index in [1.807, 2.05) is 0 Å². The second-order valence-corrected chi connectivity index (χ2v) is 6.57. The van der Waals surface area contributed by atoms with Crippen LogP contribution in [0.2, 0.25) is 0 Å². The summed E-state index contributed by atoms with van der Waals surface area (Å²) in [4.78, 5) is 0. The molecule has 0 aromatic heterocycles. The number of rotatable bonds is 1. The summed E-state index contributed by atoms with van der Waals surface area (Å²) in [6.07, 6.45) is 5.63. The van der Waals surface area contributed by atoms with Gasteiger partial charge in [0.2, 0.25) is 0 Å². The average Bonchev–Trinajstić information content (AvgIpc) is 2.39. The van der Waals surface area contributed by atoms with Crippen LogP contribution in [0.1, 0.15) is 45.4 Å². The van der Waals surface area contributed by atoms with Crippen LogP contribution in [0.3, 0.4) is 0 Å². The molecule has 3 heterocycles. The van der Waals surface area contributed by atoms with E-state index in [1.54, 1.807) is 0 Å². The highest BCUT2D eigenvalue weighted by Crippen LogP contribution is 2.44. The first kappa shape index (κ1) is 13.8. The minimum atomic E-state index is -0.549. The highest BCUT2D eigenvalue weighted by atomic mass is 16.5. The van der Waals surface area contributed by atoms with Crippen molar-refractivity contribution in [2.24, 2.45) is 5.92 Å². The standard InChI is InChI=1S/C15H26O4/c1-12-10-15(16,5-9-18-12)13-2-6-19-14(11-13)3-7-17-8-4-14/h12-13,16H,2-11H2,1H3. The first-order chi connectivity index (χ1) is 9.12. The quantitative estimate of drug-likeness (QED) is 0.790. The van der Waals surface area contributed by atoms with Gasteiger partial charge in [0, 0.05) is 32.8 Å². The van der Waals surface area contributed by atoms with E-state index in [0.717, 1.165) is 58.3 Å². The van der Waals surface area contributed by atoms with E-state index < -0.39 is 5.60 Å². The molecular weight excluding hydrogens is 244 g/mol. The van der Waals surface area contributed by atoms with E-state index in [4.69, 9.17) is 14.2 Å². The number of ether oxygens (including phenoxy) is 3. The van der Waals surface area contributed by atoms with Crippen LogP contribution in [0.4, 0.5) is 0 Å². The van der Waals surface area contributed by atoms with Crippen LogP contribution in [-0.4, -0.2) is 48.8 Å². The van der Waals surface area contributed by atoms with E-state index in [9.17, 15) is 5.11 Å². The van der Waals surface area contributed by atoms with Crippen LogP contribution in [0.15, 0.2) is 0 Å². The molecule has 110 valence electrons. The normalized spacial score (nSPS) is 43.3. The predicted molar refractivity (Wildman–Crippen MR) is 71.1 cm³/mol. The lowest BCUT2D eigenvalue weighted by Crippen LogP contribution is -2.53. The summed E-state index contributed by atoms with van der Waals surface area (Å²) >= 11 is 0. The highest BCUT2D eigenvalue weighted by molar-refractivity contribution is 4.98. The molecule has 0 bridgehead atoms. The lowest BCUT2D eigenvalue weighted by atomic mass is 9.69.